The Morgan fingerprint density at radius 3 is 2.32 bits per heavy atom. The van der Waals surface area contributed by atoms with E-state index < -0.39 is 6.09 Å². The number of piperidine rings is 1. The largest absolute Gasteiger partial charge is 0.465 e. The third-order valence-corrected chi connectivity index (χ3v) is 5.13. The predicted molar refractivity (Wildman–Crippen MR) is 86.7 cm³/mol. The van der Waals surface area contributed by atoms with Gasteiger partial charge in [0, 0.05) is 31.7 Å². The maximum Gasteiger partial charge on any atom is 0.407 e. The van der Waals surface area contributed by atoms with Crippen molar-refractivity contribution in [2.75, 3.05) is 19.6 Å². The zero-order chi connectivity index (χ0) is 15.9. The van der Waals surface area contributed by atoms with Crippen molar-refractivity contribution in [3.63, 3.8) is 0 Å². The Hall–Kier alpha value is -1.55. The predicted octanol–water partition coefficient (Wildman–Crippen LogP) is 3.14. The number of carboxylic acid groups (broad SMARTS) is 1. The van der Waals surface area contributed by atoms with E-state index >= 15 is 0 Å². The Morgan fingerprint density at radius 2 is 1.82 bits per heavy atom. The maximum absolute atomic E-state index is 11.5. The lowest BCUT2D eigenvalue weighted by Crippen LogP contribution is -2.46. The minimum absolute atomic E-state index is 0.313. The van der Waals surface area contributed by atoms with Gasteiger partial charge in [-0.15, -0.1) is 0 Å². The highest BCUT2D eigenvalue weighted by molar-refractivity contribution is 5.66. The highest BCUT2D eigenvalue weighted by Crippen LogP contribution is 2.52. The molecule has 0 aromatic heterocycles. The molecule has 1 saturated heterocycles. The van der Waals surface area contributed by atoms with Crippen LogP contribution in [-0.2, 0) is 6.54 Å². The molecule has 4 heteroatoms. The second-order valence-corrected chi connectivity index (χ2v) is 7.74. The Kier molecular flexibility index (Phi) is 3.89. The van der Waals surface area contributed by atoms with Crippen molar-refractivity contribution in [1.82, 2.24) is 9.80 Å². The molecular formula is C18H26N2O2. The number of likely N-dealkylation sites (tertiary alicyclic amines) is 1. The topological polar surface area (TPSA) is 43.8 Å². The van der Waals surface area contributed by atoms with Crippen LogP contribution < -0.4 is 0 Å². The number of amides is 1. The summed E-state index contributed by atoms with van der Waals surface area (Å²) in [6, 6.07) is 10.6. The minimum atomic E-state index is -0.793. The maximum atomic E-state index is 11.5. The van der Waals surface area contributed by atoms with Crippen LogP contribution in [0.3, 0.4) is 0 Å². The van der Waals surface area contributed by atoms with Crippen LogP contribution in [-0.4, -0.2) is 46.2 Å². The Bertz CT molecular complexity index is 526. The summed E-state index contributed by atoms with van der Waals surface area (Å²) < 4.78 is 0. The van der Waals surface area contributed by atoms with Crippen molar-refractivity contribution >= 4 is 6.09 Å². The van der Waals surface area contributed by atoms with Gasteiger partial charge in [0.15, 0.2) is 0 Å². The van der Waals surface area contributed by atoms with Crippen molar-refractivity contribution in [2.45, 2.75) is 32.9 Å². The molecule has 22 heavy (non-hydrogen) atoms. The summed E-state index contributed by atoms with van der Waals surface area (Å²) in [7, 11) is 0. The summed E-state index contributed by atoms with van der Waals surface area (Å²) in [6.45, 7) is 9.85. The molecule has 1 aliphatic carbocycles. The van der Waals surface area contributed by atoms with E-state index in [1.54, 1.807) is 4.90 Å². The highest BCUT2D eigenvalue weighted by Gasteiger charge is 2.56. The van der Waals surface area contributed by atoms with Crippen LogP contribution in [0, 0.1) is 17.8 Å². The van der Waals surface area contributed by atoms with Gasteiger partial charge in [-0.05, 0) is 44.1 Å². The quantitative estimate of drug-likeness (QED) is 0.929. The van der Waals surface area contributed by atoms with E-state index in [0.717, 1.165) is 19.6 Å². The summed E-state index contributed by atoms with van der Waals surface area (Å²) >= 11 is 0. The molecule has 3 rings (SSSR count). The van der Waals surface area contributed by atoms with E-state index in [-0.39, 0.29) is 5.54 Å². The van der Waals surface area contributed by atoms with E-state index in [1.807, 2.05) is 26.8 Å². The number of hydrogen-bond acceptors (Lipinski definition) is 2. The number of carbonyl (C=O) groups is 1. The number of fused-ring (bicyclic) bond motifs is 1. The molecule has 2 unspecified atom stereocenters. The molecule has 0 bridgehead atoms. The van der Waals surface area contributed by atoms with Gasteiger partial charge < -0.3 is 10.0 Å². The first kappa shape index (κ1) is 15.3. The number of rotatable bonds is 4. The lowest BCUT2D eigenvalue weighted by Gasteiger charge is -2.34. The molecule has 1 saturated carbocycles. The van der Waals surface area contributed by atoms with Crippen molar-refractivity contribution in [1.29, 1.82) is 0 Å². The normalized spacial score (nSPS) is 27.5. The molecular weight excluding hydrogens is 276 g/mol. The SMILES string of the molecule is CC(C)(C)N(CC1C2CN(Cc3ccccc3)CC21)C(=O)O. The minimum Gasteiger partial charge on any atom is -0.465 e. The molecule has 1 amide bonds. The van der Waals surface area contributed by atoms with Crippen LogP contribution in [0.25, 0.3) is 0 Å². The summed E-state index contributed by atoms with van der Waals surface area (Å²) in [4.78, 5) is 15.6. The van der Waals surface area contributed by atoms with E-state index in [0.29, 0.717) is 24.3 Å². The van der Waals surface area contributed by atoms with Crippen LogP contribution in [0.5, 0.6) is 0 Å². The molecule has 1 aromatic rings. The van der Waals surface area contributed by atoms with E-state index in [4.69, 9.17) is 0 Å². The van der Waals surface area contributed by atoms with Crippen molar-refractivity contribution < 1.29 is 9.90 Å². The van der Waals surface area contributed by atoms with Gasteiger partial charge in [0.05, 0.1) is 0 Å². The summed E-state index contributed by atoms with van der Waals surface area (Å²) in [5.74, 6) is 1.93. The molecule has 1 aromatic carbocycles. The van der Waals surface area contributed by atoms with Gasteiger partial charge in [-0.1, -0.05) is 30.3 Å². The molecule has 2 fully saturated rings. The molecule has 1 heterocycles. The first-order chi connectivity index (χ1) is 10.4. The van der Waals surface area contributed by atoms with Gasteiger partial charge in [0.1, 0.15) is 0 Å². The Labute approximate surface area is 132 Å². The molecule has 4 nitrogen and oxygen atoms in total. The Morgan fingerprint density at radius 1 is 1.23 bits per heavy atom. The summed E-state index contributed by atoms with van der Waals surface area (Å²) in [5.41, 5.74) is 1.05. The van der Waals surface area contributed by atoms with E-state index in [2.05, 4.69) is 29.2 Å². The standard InChI is InChI=1S/C18H26N2O2/c1-18(2,3)20(17(21)22)12-16-14-10-19(11-15(14)16)9-13-7-5-4-6-8-13/h4-8,14-16H,9-12H2,1-3H3,(H,21,22). The smallest absolute Gasteiger partial charge is 0.407 e. The van der Waals surface area contributed by atoms with Crippen molar-refractivity contribution in [3.8, 4) is 0 Å². The van der Waals surface area contributed by atoms with Crippen LogP contribution in [0.15, 0.2) is 30.3 Å². The van der Waals surface area contributed by atoms with Crippen molar-refractivity contribution in [3.05, 3.63) is 35.9 Å². The van der Waals surface area contributed by atoms with Gasteiger partial charge >= 0.3 is 6.09 Å². The van der Waals surface area contributed by atoms with Crippen LogP contribution in [0.1, 0.15) is 26.3 Å². The molecule has 2 atom stereocenters. The lowest BCUT2D eigenvalue weighted by molar-refractivity contribution is 0.0924. The third-order valence-electron chi connectivity index (χ3n) is 5.13. The van der Waals surface area contributed by atoms with Gasteiger partial charge in [-0.2, -0.15) is 0 Å². The Balaban J connectivity index is 1.51. The fraction of sp³-hybridized carbons (Fsp3) is 0.611. The fourth-order valence-electron chi connectivity index (χ4n) is 3.83. The van der Waals surface area contributed by atoms with Gasteiger partial charge in [-0.3, -0.25) is 4.90 Å². The number of benzene rings is 1. The van der Waals surface area contributed by atoms with Crippen LogP contribution in [0.2, 0.25) is 0 Å². The van der Waals surface area contributed by atoms with Gasteiger partial charge in [-0.25, -0.2) is 4.79 Å². The molecule has 120 valence electrons. The average molecular weight is 302 g/mol. The lowest BCUT2D eigenvalue weighted by atomic mass is 10.1. The highest BCUT2D eigenvalue weighted by atomic mass is 16.4. The first-order valence-corrected chi connectivity index (χ1v) is 8.13. The van der Waals surface area contributed by atoms with Gasteiger partial charge in [0.2, 0.25) is 0 Å². The molecule has 1 N–H and O–H groups in total. The number of hydrogen-bond donors (Lipinski definition) is 1. The molecule has 2 aliphatic rings. The zero-order valence-corrected chi connectivity index (χ0v) is 13.7. The average Bonchev–Trinajstić information content (AvgIpc) is 2.88. The molecule has 1 aliphatic heterocycles. The summed E-state index contributed by atoms with van der Waals surface area (Å²) in [5, 5.41) is 9.41. The first-order valence-electron chi connectivity index (χ1n) is 8.13. The van der Waals surface area contributed by atoms with Crippen LogP contribution >= 0.6 is 0 Å². The van der Waals surface area contributed by atoms with E-state index in [9.17, 15) is 9.90 Å². The van der Waals surface area contributed by atoms with E-state index in [1.165, 1.54) is 5.56 Å². The molecule has 0 radical (unpaired) electrons. The van der Waals surface area contributed by atoms with Crippen molar-refractivity contribution in [2.24, 2.45) is 17.8 Å². The monoisotopic (exact) mass is 302 g/mol. The zero-order valence-electron chi connectivity index (χ0n) is 13.7. The van der Waals surface area contributed by atoms with Crippen LogP contribution in [0.4, 0.5) is 4.79 Å². The second-order valence-electron chi connectivity index (χ2n) is 7.74. The number of nitrogens with zero attached hydrogens (tertiary/aromatic N) is 2. The third kappa shape index (κ3) is 3.12. The fourth-order valence-corrected chi connectivity index (χ4v) is 3.83. The second kappa shape index (κ2) is 5.58. The summed E-state index contributed by atoms with van der Waals surface area (Å²) in [6.07, 6.45) is -0.793. The molecule has 0 spiro atoms. The van der Waals surface area contributed by atoms with Gasteiger partial charge in [0.25, 0.3) is 0 Å².